The molecule has 9 nitrogen and oxygen atoms in total. The Balaban J connectivity index is 2.12. The first-order valence-corrected chi connectivity index (χ1v) is 11.3. The molecule has 0 amide bonds. The molecule has 1 atom stereocenters. The molecule has 0 aliphatic heterocycles. The molecule has 0 saturated carbocycles. The van der Waals surface area contributed by atoms with Crippen molar-refractivity contribution in [3.8, 4) is 11.5 Å². The summed E-state index contributed by atoms with van der Waals surface area (Å²) >= 11 is 0. The molecule has 0 aliphatic rings. The van der Waals surface area contributed by atoms with E-state index < -0.39 is 23.2 Å². The van der Waals surface area contributed by atoms with E-state index in [2.05, 4.69) is 5.16 Å². The van der Waals surface area contributed by atoms with Crippen molar-refractivity contribution in [1.29, 1.82) is 0 Å². The van der Waals surface area contributed by atoms with E-state index in [0.717, 1.165) is 10.6 Å². The van der Waals surface area contributed by atoms with E-state index in [1.54, 1.807) is 45.0 Å². The van der Waals surface area contributed by atoms with Crippen LogP contribution in [0.3, 0.4) is 0 Å². The third-order valence-electron chi connectivity index (χ3n) is 5.42. The minimum atomic E-state index is -1.30. The smallest absolute Gasteiger partial charge is 0.331 e. The van der Waals surface area contributed by atoms with Gasteiger partial charge in [-0.05, 0) is 56.7 Å². The minimum Gasteiger partial charge on any atom is -0.497 e. The largest absolute Gasteiger partial charge is 0.497 e. The lowest BCUT2D eigenvalue weighted by Crippen LogP contribution is -2.43. The van der Waals surface area contributed by atoms with Crippen molar-refractivity contribution < 1.29 is 23.8 Å². The molecule has 1 heterocycles. The Labute approximate surface area is 208 Å². The van der Waals surface area contributed by atoms with Crippen LogP contribution in [0.25, 0.3) is 0 Å². The third kappa shape index (κ3) is 6.19. The van der Waals surface area contributed by atoms with Crippen molar-refractivity contribution in [1.82, 2.24) is 9.13 Å². The number of methoxy groups -OCH3 is 2. The molecule has 192 valence electrons. The van der Waals surface area contributed by atoms with Crippen molar-refractivity contribution in [2.45, 2.75) is 46.1 Å². The predicted octanol–water partition coefficient (Wildman–Crippen LogP) is 3.10. The number of nitrogens with zero attached hydrogens (tertiary/aromatic N) is 3. The molecular weight excluding hydrogens is 469 g/mol. The Kier molecular flexibility index (Phi) is 8.65. The first kappa shape index (κ1) is 26.7. The number of aliphatic hydroxyl groups excluding tert-OH is 1. The first-order valence-electron chi connectivity index (χ1n) is 11.3. The number of halogens is 1. The van der Waals surface area contributed by atoms with Crippen LogP contribution in [0, 0.1) is 5.82 Å². The van der Waals surface area contributed by atoms with Crippen LogP contribution in [0.2, 0.25) is 0 Å². The second-order valence-electron chi connectivity index (χ2n) is 8.45. The van der Waals surface area contributed by atoms with Gasteiger partial charge in [-0.1, -0.05) is 17.3 Å². The zero-order chi connectivity index (χ0) is 26.4. The summed E-state index contributed by atoms with van der Waals surface area (Å²) < 4.78 is 26.6. The van der Waals surface area contributed by atoms with Gasteiger partial charge in [0.1, 0.15) is 29.5 Å². The number of aromatic nitrogens is 2. The maximum absolute atomic E-state index is 13.9. The lowest BCUT2D eigenvalue weighted by molar-refractivity contribution is 0.0859. The molecule has 0 spiro atoms. The van der Waals surface area contributed by atoms with Crippen LogP contribution in [0.1, 0.15) is 43.6 Å². The summed E-state index contributed by atoms with van der Waals surface area (Å²) in [5, 5.41) is 14.9. The van der Waals surface area contributed by atoms with Gasteiger partial charge >= 0.3 is 5.69 Å². The Morgan fingerprint density at radius 1 is 1.11 bits per heavy atom. The summed E-state index contributed by atoms with van der Waals surface area (Å²) in [4.78, 5) is 32.0. The molecular formula is C26H30FN3O6. The van der Waals surface area contributed by atoms with Crippen LogP contribution < -0.4 is 20.7 Å². The zero-order valence-electron chi connectivity index (χ0n) is 20.9. The van der Waals surface area contributed by atoms with Gasteiger partial charge < -0.3 is 19.4 Å². The van der Waals surface area contributed by atoms with E-state index >= 15 is 0 Å². The van der Waals surface area contributed by atoms with E-state index in [9.17, 15) is 19.1 Å². The van der Waals surface area contributed by atoms with Crippen LogP contribution in [0.15, 0.2) is 63.4 Å². The molecule has 0 aliphatic carbocycles. The van der Waals surface area contributed by atoms with Crippen LogP contribution in [0.5, 0.6) is 11.5 Å². The Morgan fingerprint density at radius 3 is 2.53 bits per heavy atom. The molecule has 1 unspecified atom stereocenters. The van der Waals surface area contributed by atoms with Crippen molar-refractivity contribution in [3.05, 3.63) is 92.0 Å². The van der Waals surface area contributed by atoms with Gasteiger partial charge in [0.15, 0.2) is 0 Å². The van der Waals surface area contributed by atoms with Gasteiger partial charge in [0, 0.05) is 11.8 Å². The molecule has 3 aromatic rings. The molecule has 1 aromatic heterocycles. The second kappa shape index (κ2) is 11.7. The molecule has 0 saturated heterocycles. The van der Waals surface area contributed by atoms with E-state index in [1.807, 2.05) is 0 Å². The van der Waals surface area contributed by atoms with Crippen molar-refractivity contribution >= 4 is 5.71 Å². The van der Waals surface area contributed by atoms with Crippen LogP contribution >= 0.6 is 0 Å². The van der Waals surface area contributed by atoms with E-state index in [1.165, 1.54) is 37.1 Å². The maximum Gasteiger partial charge on any atom is 0.331 e. The number of rotatable bonds is 10. The highest BCUT2D eigenvalue weighted by molar-refractivity contribution is 5.97. The minimum absolute atomic E-state index is 0.0413. The van der Waals surface area contributed by atoms with Crippen LogP contribution in [-0.4, -0.2) is 40.3 Å². The number of hydrogen-bond acceptors (Lipinski definition) is 7. The fourth-order valence-electron chi connectivity index (χ4n) is 3.61. The Bertz CT molecular complexity index is 1360. The van der Waals surface area contributed by atoms with E-state index in [4.69, 9.17) is 14.3 Å². The van der Waals surface area contributed by atoms with Gasteiger partial charge in [-0.25, -0.2) is 9.18 Å². The topological polar surface area (TPSA) is 104 Å². The summed E-state index contributed by atoms with van der Waals surface area (Å²) in [5.41, 5.74) is 0.00272. The van der Waals surface area contributed by atoms with Gasteiger partial charge in [-0.2, -0.15) is 0 Å². The first-order chi connectivity index (χ1) is 17.1. The number of ether oxygens (including phenoxy) is 2. The average molecular weight is 500 g/mol. The summed E-state index contributed by atoms with van der Waals surface area (Å²) in [5.74, 6) is 0.286. The molecule has 10 heteroatoms. The second-order valence-corrected chi connectivity index (χ2v) is 8.45. The Morgan fingerprint density at radius 2 is 1.86 bits per heavy atom. The third-order valence-corrected chi connectivity index (χ3v) is 5.42. The predicted molar refractivity (Wildman–Crippen MR) is 133 cm³/mol. The van der Waals surface area contributed by atoms with Gasteiger partial charge in [0.25, 0.3) is 5.56 Å². The Hall–Kier alpha value is -3.92. The molecule has 2 aromatic carbocycles. The highest BCUT2D eigenvalue weighted by atomic mass is 19.1. The van der Waals surface area contributed by atoms with Gasteiger partial charge in [0.2, 0.25) is 0 Å². The molecule has 0 bridgehead atoms. The van der Waals surface area contributed by atoms with Crippen molar-refractivity contribution in [2.24, 2.45) is 5.16 Å². The number of oxime groups is 1. The quantitative estimate of drug-likeness (QED) is 0.340. The monoisotopic (exact) mass is 499 g/mol. The van der Waals surface area contributed by atoms with Gasteiger partial charge in [-0.3, -0.25) is 13.9 Å². The van der Waals surface area contributed by atoms with Crippen molar-refractivity contribution in [3.63, 3.8) is 0 Å². The number of aliphatic hydroxyl groups is 1. The highest BCUT2D eigenvalue weighted by Crippen LogP contribution is 2.27. The lowest BCUT2D eigenvalue weighted by atomic mass is 10.1. The van der Waals surface area contributed by atoms with Gasteiger partial charge in [-0.15, -0.1) is 0 Å². The average Bonchev–Trinajstić information content (AvgIpc) is 2.86. The fraction of sp³-hybridized carbons (Fsp3) is 0.346. The van der Waals surface area contributed by atoms with E-state index in [-0.39, 0.29) is 41.8 Å². The van der Waals surface area contributed by atoms with Crippen LogP contribution in [-0.2, 0) is 17.9 Å². The van der Waals surface area contributed by atoms with Gasteiger partial charge in [0.05, 0.1) is 38.6 Å². The SMILES string of the molecule is COc1cccc(Cn2c(=O)c(/C(C)=N/OC(C)C)cn(CC(O)c3cc(F)ccc3OC)c2=O)c1. The maximum atomic E-state index is 13.9. The standard InChI is InChI=1S/C26H30FN3O6/c1-16(2)36-28-17(3)22-14-29(15-23(31)21-12-19(27)9-10-24(21)35-5)26(33)30(25(22)32)13-18-7-6-8-20(11-18)34-4/h6-12,14,16,23,31H,13,15H2,1-5H3/b28-17+. The fourth-order valence-corrected chi connectivity index (χ4v) is 3.61. The summed E-state index contributed by atoms with van der Waals surface area (Å²) in [6.45, 7) is 4.88. The number of benzene rings is 2. The summed E-state index contributed by atoms with van der Waals surface area (Å²) in [6.07, 6.45) is -0.190. The molecule has 1 N–H and O–H groups in total. The molecule has 3 rings (SSSR count). The molecule has 0 radical (unpaired) electrons. The zero-order valence-corrected chi connectivity index (χ0v) is 20.9. The lowest BCUT2D eigenvalue weighted by Gasteiger charge is -2.18. The van der Waals surface area contributed by atoms with E-state index in [0.29, 0.717) is 11.3 Å². The number of hydrogen-bond donors (Lipinski definition) is 1. The summed E-state index contributed by atoms with van der Waals surface area (Å²) in [6, 6.07) is 10.7. The summed E-state index contributed by atoms with van der Waals surface area (Å²) in [7, 11) is 2.92. The van der Waals surface area contributed by atoms with Crippen LogP contribution in [0.4, 0.5) is 4.39 Å². The highest BCUT2D eigenvalue weighted by Gasteiger charge is 2.20. The van der Waals surface area contributed by atoms with Crippen molar-refractivity contribution in [2.75, 3.05) is 14.2 Å². The molecule has 36 heavy (non-hydrogen) atoms. The molecule has 0 fully saturated rings. The normalized spacial score (nSPS) is 12.5.